The van der Waals surface area contributed by atoms with Crippen molar-refractivity contribution in [2.24, 2.45) is 0 Å². The van der Waals surface area contributed by atoms with Crippen molar-refractivity contribution < 1.29 is 9.59 Å². The number of amides is 3. The van der Waals surface area contributed by atoms with E-state index in [1.54, 1.807) is 19.2 Å². The molecule has 0 aliphatic rings. The highest BCUT2D eigenvalue weighted by Crippen LogP contribution is 2.04. The molecule has 5 heteroatoms. The van der Waals surface area contributed by atoms with Crippen LogP contribution in [0.5, 0.6) is 0 Å². The van der Waals surface area contributed by atoms with Gasteiger partial charge >= 0.3 is 6.03 Å². The second-order valence-electron chi connectivity index (χ2n) is 5.47. The third-order valence-corrected chi connectivity index (χ3v) is 3.67. The first-order valence-corrected chi connectivity index (χ1v) is 8.05. The standard InChI is InChI=1S/C19H23N3O2/c1-20-18(23)17-11-9-16(10-12-17)14-22-19(24)21-13-5-8-15-6-3-2-4-7-15/h2-4,6-7,9-12H,5,8,13-14H2,1H3,(H,20,23)(H2,21,22,24). The summed E-state index contributed by atoms with van der Waals surface area (Å²) in [6.45, 7) is 1.06. The van der Waals surface area contributed by atoms with E-state index >= 15 is 0 Å². The van der Waals surface area contributed by atoms with Crippen LogP contribution in [0.25, 0.3) is 0 Å². The summed E-state index contributed by atoms with van der Waals surface area (Å²) in [4.78, 5) is 23.2. The summed E-state index contributed by atoms with van der Waals surface area (Å²) in [6.07, 6.45) is 1.85. The minimum atomic E-state index is -0.182. The molecule has 24 heavy (non-hydrogen) atoms. The quantitative estimate of drug-likeness (QED) is 0.685. The Morgan fingerprint density at radius 1 is 0.875 bits per heavy atom. The maximum Gasteiger partial charge on any atom is 0.315 e. The van der Waals surface area contributed by atoms with Crippen molar-refractivity contribution in [3.63, 3.8) is 0 Å². The summed E-state index contributed by atoms with van der Waals surface area (Å²) in [6, 6.07) is 17.2. The van der Waals surface area contributed by atoms with Crippen LogP contribution in [0, 0.1) is 0 Å². The Bertz CT molecular complexity index is 654. The third kappa shape index (κ3) is 5.76. The zero-order valence-corrected chi connectivity index (χ0v) is 13.8. The Hall–Kier alpha value is -2.82. The highest BCUT2D eigenvalue weighted by atomic mass is 16.2. The Labute approximate surface area is 142 Å². The molecule has 0 unspecified atom stereocenters. The fraction of sp³-hybridized carbons (Fsp3) is 0.263. The molecule has 2 aromatic rings. The van der Waals surface area contributed by atoms with Gasteiger partial charge in [0.05, 0.1) is 0 Å². The van der Waals surface area contributed by atoms with E-state index in [9.17, 15) is 9.59 Å². The summed E-state index contributed by atoms with van der Waals surface area (Å²) in [5, 5.41) is 8.23. The largest absolute Gasteiger partial charge is 0.355 e. The lowest BCUT2D eigenvalue weighted by atomic mass is 10.1. The fourth-order valence-corrected chi connectivity index (χ4v) is 2.30. The van der Waals surface area contributed by atoms with Crippen molar-refractivity contribution in [2.75, 3.05) is 13.6 Å². The Balaban J connectivity index is 1.65. The van der Waals surface area contributed by atoms with E-state index in [0.717, 1.165) is 18.4 Å². The second kappa shape index (κ2) is 9.35. The van der Waals surface area contributed by atoms with E-state index < -0.39 is 0 Å². The molecule has 126 valence electrons. The molecule has 0 radical (unpaired) electrons. The average molecular weight is 325 g/mol. The highest BCUT2D eigenvalue weighted by Gasteiger charge is 2.03. The molecule has 3 N–H and O–H groups in total. The molecule has 5 nitrogen and oxygen atoms in total. The first-order chi connectivity index (χ1) is 11.7. The van der Waals surface area contributed by atoms with Crippen molar-refractivity contribution in [1.82, 2.24) is 16.0 Å². The van der Waals surface area contributed by atoms with Gasteiger partial charge in [0.25, 0.3) is 5.91 Å². The molecule has 2 rings (SSSR count). The van der Waals surface area contributed by atoms with Crippen LogP contribution in [0.4, 0.5) is 4.79 Å². The van der Waals surface area contributed by atoms with Crippen LogP contribution in [0.2, 0.25) is 0 Å². The van der Waals surface area contributed by atoms with Crippen LogP contribution in [-0.2, 0) is 13.0 Å². The number of carbonyl (C=O) groups is 2. The van der Waals surface area contributed by atoms with Crippen LogP contribution in [0.3, 0.4) is 0 Å². The Morgan fingerprint density at radius 3 is 2.25 bits per heavy atom. The Morgan fingerprint density at radius 2 is 1.58 bits per heavy atom. The van der Waals surface area contributed by atoms with Crippen molar-refractivity contribution in [2.45, 2.75) is 19.4 Å². The van der Waals surface area contributed by atoms with Gasteiger partial charge in [0, 0.05) is 25.7 Å². The van der Waals surface area contributed by atoms with Crippen molar-refractivity contribution >= 4 is 11.9 Å². The van der Waals surface area contributed by atoms with Gasteiger partial charge in [-0.15, -0.1) is 0 Å². The SMILES string of the molecule is CNC(=O)c1ccc(CNC(=O)NCCCc2ccccc2)cc1. The summed E-state index contributed by atoms with van der Waals surface area (Å²) in [5.74, 6) is -0.120. The van der Waals surface area contributed by atoms with Crippen LogP contribution in [0.1, 0.15) is 27.9 Å². The molecule has 0 saturated carbocycles. The minimum absolute atomic E-state index is 0.120. The maximum absolute atomic E-state index is 11.8. The Kier molecular flexibility index (Phi) is 6.83. The molecule has 0 saturated heterocycles. The molecule has 0 spiro atoms. The number of rotatable bonds is 7. The van der Waals surface area contributed by atoms with Gasteiger partial charge in [-0.1, -0.05) is 42.5 Å². The van der Waals surface area contributed by atoms with E-state index in [1.807, 2.05) is 30.3 Å². The molecule has 0 aliphatic carbocycles. The number of hydrogen-bond acceptors (Lipinski definition) is 2. The summed E-state index contributed by atoms with van der Waals surface area (Å²) in [5.41, 5.74) is 2.82. The molecule has 0 atom stereocenters. The van der Waals surface area contributed by atoms with E-state index in [-0.39, 0.29) is 11.9 Å². The molecule has 0 fully saturated rings. The van der Waals surface area contributed by atoms with E-state index in [4.69, 9.17) is 0 Å². The van der Waals surface area contributed by atoms with Gasteiger partial charge in [-0.2, -0.15) is 0 Å². The van der Waals surface area contributed by atoms with Gasteiger partial charge in [0.2, 0.25) is 0 Å². The molecule has 0 aromatic heterocycles. The fourth-order valence-electron chi connectivity index (χ4n) is 2.30. The van der Waals surface area contributed by atoms with E-state index in [2.05, 4.69) is 28.1 Å². The zero-order valence-electron chi connectivity index (χ0n) is 13.8. The van der Waals surface area contributed by atoms with Crippen molar-refractivity contribution in [3.8, 4) is 0 Å². The molecule has 0 bridgehead atoms. The first-order valence-electron chi connectivity index (χ1n) is 8.05. The molecule has 0 aliphatic heterocycles. The maximum atomic E-state index is 11.8. The van der Waals surface area contributed by atoms with E-state index in [0.29, 0.717) is 18.7 Å². The van der Waals surface area contributed by atoms with Crippen molar-refractivity contribution in [3.05, 3.63) is 71.3 Å². The predicted molar refractivity (Wildman–Crippen MR) is 94.8 cm³/mol. The van der Waals surface area contributed by atoms with Crippen LogP contribution in [0.15, 0.2) is 54.6 Å². The molecule has 3 amide bonds. The number of nitrogens with one attached hydrogen (secondary N) is 3. The van der Waals surface area contributed by atoms with Gasteiger partial charge in [0.15, 0.2) is 0 Å². The zero-order chi connectivity index (χ0) is 17.2. The average Bonchev–Trinajstić information content (AvgIpc) is 2.64. The van der Waals surface area contributed by atoms with Gasteiger partial charge in [-0.25, -0.2) is 4.79 Å². The van der Waals surface area contributed by atoms with Gasteiger partial charge in [-0.3, -0.25) is 4.79 Å². The first kappa shape index (κ1) is 17.5. The predicted octanol–water partition coefficient (Wildman–Crippen LogP) is 2.48. The van der Waals surface area contributed by atoms with Gasteiger partial charge in [0.1, 0.15) is 0 Å². The highest BCUT2D eigenvalue weighted by molar-refractivity contribution is 5.93. The minimum Gasteiger partial charge on any atom is -0.355 e. The van der Waals surface area contributed by atoms with Crippen molar-refractivity contribution in [1.29, 1.82) is 0 Å². The van der Waals surface area contributed by atoms with Crippen LogP contribution < -0.4 is 16.0 Å². The summed E-state index contributed by atoms with van der Waals surface area (Å²) < 4.78 is 0. The lowest BCUT2D eigenvalue weighted by Gasteiger charge is -2.08. The number of benzene rings is 2. The molecule has 0 heterocycles. The monoisotopic (exact) mass is 325 g/mol. The lowest BCUT2D eigenvalue weighted by Crippen LogP contribution is -2.35. The van der Waals surface area contributed by atoms with E-state index in [1.165, 1.54) is 5.56 Å². The van der Waals surface area contributed by atoms with Gasteiger partial charge in [-0.05, 0) is 36.1 Å². The van der Waals surface area contributed by atoms with Gasteiger partial charge < -0.3 is 16.0 Å². The van der Waals surface area contributed by atoms with Crippen LogP contribution in [-0.4, -0.2) is 25.5 Å². The lowest BCUT2D eigenvalue weighted by molar-refractivity contribution is 0.0963. The normalized spacial score (nSPS) is 10.0. The number of carbonyl (C=O) groups excluding carboxylic acids is 2. The number of urea groups is 1. The molecule has 2 aromatic carbocycles. The molecular weight excluding hydrogens is 302 g/mol. The number of aryl methyl sites for hydroxylation is 1. The summed E-state index contributed by atoms with van der Waals surface area (Å²) in [7, 11) is 1.60. The molecular formula is C19H23N3O2. The third-order valence-electron chi connectivity index (χ3n) is 3.67. The number of hydrogen-bond donors (Lipinski definition) is 3. The second-order valence-corrected chi connectivity index (χ2v) is 5.47. The topological polar surface area (TPSA) is 70.2 Å². The summed E-state index contributed by atoms with van der Waals surface area (Å²) >= 11 is 0. The van der Waals surface area contributed by atoms with Crippen LogP contribution >= 0.6 is 0 Å². The smallest absolute Gasteiger partial charge is 0.315 e.